The molecule has 0 spiro atoms. The number of fused-ring (bicyclic) bond motifs is 2. The van der Waals surface area contributed by atoms with Crippen molar-refractivity contribution < 1.29 is 4.39 Å². The molecule has 1 aromatic carbocycles. The van der Waals surface area contributed by atoms with Gasteiger partial charge >= 0.3 is 0 Å². The number of H-pyrrole nitrogens is 1. The topological polar surface area (TPSA) is 126 Å². The van der Waals surface area contributed by atoms with E-state index in [-0.39, 0.29) is 16.2 Å². The molecule has 12 heteroatoms. The van der Waals surface area contributed by atoms with E-state index in [1.54, 1.807) is 18.2 Å². The van der Waals surface area contributed by atoms with Crippen molar-refractivity contribution in [1.29, 1.82) is 0 Å². The summed E-state index contributed by atoms with van der Waals surface area (Å²) in [5.74, 6) is 0.590. The Balaban J connectivity index is 1.64. The van der Waals surface area contributed by atoms with Gasteiger partial charge in [-0.2, -0.15) is 0 Å². The number of nitrogens with one attached hydrogen (secondary N) is 3. The summed E-state index contributed by atoms with van der Waals surface area (Å²) < 4.78 is 14.5. The number of anilines is 2. The summed E-state index contributed by atoms with van der Waals surface area (Å²) in [7, 11) is 0. The molecule has 0 aliphatic heterocycles. The van der Waals surface area contributed by atoms with Gasteiger partial charge in [0.2, 0.25) is 0 Å². The van der Waals surface area contributed by atoms with Crippen molar-refractivity contribution in [2.75, 3.05) is 10.7 Å². The van der Waals surface area contributed by atoms with E-state index < -0.39 is 17.4 Å². The number of aromatic amines is 1. The van der Waals surface area contributed by atoms with Gasteiger partial charge in [0.05, 0.1) is 34.5 Å². The minimum atomic E-state index is -0.500. The third-order valence-corrected chi connectivity index (χ3v) is 5.10. The first kappa shape index (κ1) is 19.8. The van der Waals surface area contributed by atoms with Crippen molar-refractivity contribution in [1.82, 2.24) is 34.6 Å². The monoisotopic (exact) mass is 451 g/mol. The quantitative estimate of drug-likeness (QED) is 0.371. The standard InChI is InChI=1S/C20H15ClFN9O/c1-10(28-18-16-17(25-8-24-16)26-9-27-18)19-29-13-4-2-3-12(21)15(13)20(32)31(19)30-14-6-5-11(22)7-23-14/h2-10H,1H3,(H,23,30)(H2,24,25,26,27,28). The minimum absolute atomic E-state index is 0.248. The molecule has 0 saturated heterocycles. The highest BCUT2D eigenvalue weighted by Gasteiger charge is 2.20. The number of nitrogens with zero attached hydrogens (tertiary/aromatic N) is 6. The van der Waals surface area contributed by atoms with Gasteiger partial charge in [0.25, 0.3) is 5.56 Å². The Labute approximate surface area is 184 Å². The highest BCUT2D eigenvalue weighted by Crippen LogP contribution is 2.24. The lowest BCUT2D eigenvalue weighted by Gasteiger charge is -2.20. The molecule has 160 valence electrons. The largest absolute Gasteiger partial charge is 0.358 e. The van der Waals surface area contributed by atoms with E-state index in [0.717, 1.165) is 6.20 Å². The van der Waals surface area contributed by atoms with Crippen LogP contribution in [0.2, 0.25) is 5.02 Å². The highest BCUT2D eigenvalue weighted by atomic mass is 35.5. The first-order valence-electron chi connectivity index (χ1n) is 9.51. The van der Waals surface area contributed by atoms with Crippen molar-refractivity contribution in [2.24, 2.45) is 0 Å². The second-order valence-electron chi connectivity index (χ2n) is 6.91. The summed E-state index contributed by atoms with van der Waals surface area (Å²) in [5.41, 5.74) is 4.02. The van der Waals surface area contributed by atoms with E-state index in [0.29, 0.717) is 28.3 Å². The molecule has 0 saturated carbocycles. The highest BCUT2D eigenvalue weighted by molar-refractivity contribution is 6.35. The van der Waals surface area contributed by atoms with Crippen molar-refractivity contribution in [3.05, 3.63) is 76.2 Å². The van der Waals surface area contributed by atoms with E-state index in [2.05, 4.69) is 40.6 Å². The van der Waals surface area contributed by atoms with Crippen LogP contribution in [0.5, 0.6) is 0 Å². The van der Waals surface area contributed by atoms with Crippen LogP contribution in [-0.4, -0.2) is 34.6 Å². The number of pyridine rings is 1. The van der Waals surface area contributed by atoms with Gasteiger partial charge in [-0.15, -0.1) is 0 Å². The van der Waals surface area contributed by atoms with Crippen molar-refractivity contribution >= 4 is 45.3 Å². The minimum Gasteiger partial charge on any atom is -0.358 e. The Morgan fingerprint density at radius 2 is 2.03 bits per heavy atom. The van der Waals surface area contributed by atoms with Crippen LogP contribution in [0.25, 0.3) is 22.1 Å². The van der Waals surface area contributed by atoms with Gasteiger partial charge in [0.1, 0.15) is 23.5 Å². The van der Waals surface area contributed by atoms with Crippen LogP contribution in [0, 0.1) is 5.82 Å². The van der Waals surface area contributed by atoms with Crippen LogP contribution >= 0.6 is 11.6 Å². The maximum Gasteiger partial charge on any atom is 0.281 e. The fourth-order valence-electron chi connectivity index (χ4n) is 3.31. The van der Waals surface area contributed by atoms with Gasteiger partial charge in [0.15, 0.2) is 17.3 Å². The number of imidazole rings is 1. The Morgan fingerprint density at radius 3 is 2.84 bits per heavy atom. The molecular weight excluding hydrogens is 437 g/mol. The smallest absolute Gasteiger partial charge is 0.281 e. The maximum atomic E-state index is 13.4. The average molecular weight is 452 g/mol. The molecule has 0 bridgehead atoms. The van der Waals surface area contributed by atoms with Crippen molar-refractivity contribution in [3.8, 4) is 0 Å². The third kappa shape index (κ3) is 3.48. The van der Waals surface area contributed by atoms with Gasteiger partial charge in [-0.25, -0.2) is 34.0 Å². The average Bonchev–Trinajstić information content (AvgIpc) is 3.27. The summed E-state index contributed by atoms with van der Waals surface area (Å²) >= 11 is 6.28. The molecule has 1 unspecified atom stereocenters. The molecule has 0 aliphatic carbocycles. The Morgan fingerprint density at radius 1 is 1.16 bits per heavy atom. The number of benzene rings is 1. The predicted octanol–water partition coefficient (Wildman–Crippen LogP) is 3.30. The Kier molecular flexibility index (Phi) is 4.86. The first-order valence-corrected chi connectivity index (χ1v) is 9.89. The van der Waals surface area contributed by atoms with Crippen LogP contribution in [0.4, 0.5) is 16.0 Å². The van der Waals surface area contributed by atoms with Crippen LogP contribution in [0.3, 0.4) is 0 Å². The number of halogens is 2. The predicted molar refractivity (Wildman–Crippen MR) is 118 cm³/mol. The zero-order valence-corrected chi connectivity index (χ0v) is 17.3. The van der Waals surface area contributed by atoms with E-state index in [9.17, 15) is 9.18 Å². The SMILES string of the molecule is CC(Nc1ncnc2nc[nH]c12)c1nc2cccc(Cl)c2c(=O)n1Nc1ccc(F)cn1. The van der Waals surface area contributed by atoms with Crippen molar-refractivity contribution in [3.63, 3.8) is 0 Å². The Hall–Kier alpha value is -4.12. The fourth-order valence-corrected chi connectivity index (χ4v) is 3.56. The van der Waals surface area contributed by atoms with Crippen LogP contribution in [0.15, 0.2) is 54.0 Å². The normalized spacial score (nSPS) is 12.2. The molecule has 4 heterocycles. The summed E-state index contributed by atoms with van der Waals surface area (Å²) in [5, 5.41) is 3.75. The lowest BCUT2D eigenvalue weighted by atomic mass is 10.2. The van der Waals surface area contributed by atoms with E-state index in [1.165, 1.54) is 29.5 Å². The number of hydrogen-bond donors (Lipinski definition) is 3. The van der Waals surface area contributed by atoms with Crippen LogP contribution in [-0.2, 0) is 0 Å². The summed E-state index contributed by atoms with van der Waals surface area (Å²) in [6.45, 7) is 1.82. The lowest BCUT2D eigenvalue weighted by Crippen LogP contribution is -2.33. The molecule has 0 fully saturated rings. The first-order chi connectivity index (χ1) is 15.5. The summed E-state index contributed by atoms with van der Waals surface area (Å²) in [6, 6.07) is 7.19. The second-order valence-corrected chi connectivity index (χ2v) is 7.31. The molecule has 0 amide bonds. The molecule has 4 aromatic heterocycles. The Bertz CT molecular complexity index is 1500. The van der Waals surface area contributed by atoms with E-state index in [1.807, 2.05) is 6.92 Å². The molecule has 32 heavy (non-hydrogen) atoms. The molecule has 5 aromatic rings. The number of rotatable bonds is 5. The molecule has 3 N–H and O–H groups in total. The van der Waals surface area contributed by atoms with Crippen molar-refractivity contribution in [2.45, 2.75) is 13.0 Å². The van der Waals surface area contributed by atoms with Crippen LogP contribution < -0.4 is 16.3 Å². The molecule has 0 radical (unpaired) electrons. The summed E-state index contributed by atoms with van der Waals surface area (Å²) in [4.78, 5) is 37.5. The molecule has 5 rings (SSSR count). The molecular formula is C20H15ClFN9O. The molecule has 10 nitrogen and oxygen atoms in total. The summed E-state index contributed by atoms with van der Waals surface area (Å²) in [6.07, 6.45) is 3.95. The zero-order valence-electron chi connectivity index (χ0n) is 16.5. The van der Waals surface area contributed by atoms with E-state index in [4.69, 9.17) is 11.6 Å². The lowest BCUT2D eigenvalue weighted by molar-refractivity contribution is 0.621. The maximum absolute atomic E-state index is 13.4. The van der Waals surface area contributed by atoms with Crippen LogP contribution in [0.1, 0.15) is 18.8 Å². The van der Waals surface area contributed by atoms with Gasteiger partial charge in [-0.1, -0.05) is 17.7 Å². The van der Waals surface area contributed by atoms with Gasteiger partial charge in [-0.05, 0) is 31.2 Å². The number of hydrogen-bond acceptors (Lipinski definition) is 8. The second kappa shape index (κ2) is 7.85. The zero-order chi connectivity index (χ0) is 22.2. The van der Waals surface area contributed by atoms with Gasteiger partial charge in [0, 0.05) is 0 Å². The fraction of sp³-hybridized carbons (Fsp3) is 0.100. The van der Waals surface area contributed by atoms with Gasteiger partial charge in [-0.3, -0.25) is 10.2 Å². The van der Waals surface area contributed by atoms with Gasteiger partial charge < -0.3 is 10.3 Å². The molecule has 1 atom stereocenters. The number of aromatic nitrogens is 7. The molecule has 0 aliphatic rings. The third-order valence-electron chi connectivity index (χ3n) is 4.79. The van der Waals surface area contributed by atoms with E-state index >= 15 is 0 Å².